The quantitative estimate of drug-likeness (QED) is 0.236. The molecule has 0 atom stereocenters. The highest BCUT2D eigenvalue weighted by molar-refractivity contribution is 5.95. The lowest BCUT2D eigenvalue weighted by molar-refractivity contribution is 0.00780. The third-order valence-electron chi connectivity index (χ3n) is 3.31. The minimum atomic E-state index is 0.222. The fourth-order valence-corrected chi connectivity index (χ4v) is 2.07. The van der Waals surface area contributed by atoms with Gasteiger partial charge in [0.2, 0.25) is 5.96 Å². The highest BCUT2D eigenvalue weighted by atomic mass is 16.5. The molecule has 0 fully saturated rings. The van der Waals surface area contributed by atoms with Crippen molar-refractivity contribution in [2.24, 2.45) is 9.98 Å². The molecule has 0 saturated carbocycles. The van der Waals surface area contributed by atoms with Crippen LogP contribution >= 0.6 is 0 Å². The summed E-state index contributed by atoms with van der Waals surface area (Å²) in [6.07, 6.45) is 0. The predicted molar refractivity (Wildman–Crippen MR) is 106 cm³/mol. The van der Waals surface area contributed by atoms with Crippen LogP contribution in [0.1, 0.15) is 6.92 Å². The fraction of sp³-hybridized carbons (Fsp3) is 0.765. The number of hydrogen-bond donors (Lipinski definition) is 0. The number of rotatable bonds is 14. The molecule has 28 heavy (non-hydrogen) atoms. The third-order valence-corrected chi connectivity index (χ3v) is 3.31. The lowest BCUT2D eigenvalue weighted by Gasteiger charge is -2.27. The first-order valence-electron chi connectivity index (χ1n) is 8.50. The Bertz CT molecular complexity index is 471. The van der Waals surface area contributed by atoms with Crippen LogP contribution in [0.2, 0.25) is 0 Å². The van der Waals surface area contributed by atoms with E-state index in [0.29, 0.717) is 31.1 Å². The van der Waals surface area contributed by atoms with Crippen LogP contribution in [0.4, 0.5) is 0 Å². The molecule has 0 aliphatic carbocycles. The van der Waals surface area contributed by atoms with Gasteiger partial charge < -0.3 is 38.2 Å². The molecule has 0 aromatic heterocycles. The molecule has 0 rings (SSSR count). The van der Waals surface area contributed by atoms with Gasteiger partial charge in [0.05, 0.1) is 0 Å². The monoisotopic (exact) mass is 405 g/mol. The molecule has 0 aliphatic rings. The Morgan fingerprint density at radius 3 is 1.36 bits per heavy atom. The molecular weight excluding hydrogens is 370 g/mol. The van der Waals surface area contributed by atoms with Crippen molar-refractivity contribution in [3.05, 3.63) is 12.4 Å². The molecule has 11 heteroatoms. The minimum Gasteiger partial charge on any atom is -0.364 e. The average molecular weight is 405 g/mol. The molecule has 0 N–H and O–H groups in total. The predicted octanol–water partition coefficient (Wildman–Crippen LogP) is 0.761. The van der Waals surface area contributed by atoms with E-state index in [-0.39, 0.29) is 26.9 Å². The van der Waals surface area contributed by atoms with E-state index in [9.17, 15) is 0 Å². The van der Waals surface area contributed by atoms with Crippen LogP contribution in [0.5, 0.6) is 0 Å². The Morgan fingerprint density at radius 1 is 0.607 bits per heavy atom. The Balaban J connectivity index is 5.89. The summed E-state index contributed by atoms with van der Waals surface area (Å²) in [7, 11) is 9.52. The Kier molecular flexibility index (Phi) is 15.2. The van der Waals surface area contributed by atoms with Crippen molar-refractivity contribution < 1.29 is 28.4 Å². The zero-order valence-electron chi connectivity index (χ0n) is 18.1. The van der Waals surface area contributed by atoms with Crippen molar-refractivity contribution in [1.29, 1.82) is 0 Å². The highest BCUT2D eigenvalue weighted by Crippen LogP contribution is 2.08. The number of amidine groups is 1. The highest BCUT2D eigenvalue weighted by Gasteiger charge is 2.16. The second-order valence-electron chi connectivity index (χ2n) is 5.61. The van der Waals surface area contributed by atoms with Crippen molar-refractivity contribution in [3.8, 4) is 0 Å². The van der Waals surface area contributed by atoms with Crippen molar-refractivity contribution in [2.45, 2.75) is 6.92 Å². The van der Waals surface area contributed by atoms with Gasteiger partial charge in [0, 0.05) is 42.7 Å². The maximum absolute atomic E-state index is 5.25. The van der Waals surface area contributed by atoms with Crippen LogP contribution in [0.25, 0.3) is 0 Å². The summed E-state index contributed by atoms with van der Waals surface area (Å²) in [5.74, 6) is 1.40. The first-order chi connectivity index (χ1) is 13.5. The molecular formula is C17H35N5O6. The number of methoxy groups -OCH3 is 6. The first-order valence-corrected chi connectivity index (χ1v) is 8.50. The standard InChI is InChI=1S/C17H35N5O6/c1-15(20(9-23-3)10-24-4)18-17(22(13-27-7)14-28-8)19-16(2)21(11-25-5)12-26-6/h1,9-14H2,2-8H3. The van der Waals surface area contributed by atoms with Gasteiger partial charge in [-0.3, -0.25) is 4.90 Å². The zero-order valence-corrected chi connectivity index (χ0v) is 18.1. The van der Waals surface area contributed by atoms with Gasteiger partial charge in [0.15, 0.2) is 0 Å². The van der Waals surface area contributed by atoms with E-state index in [0.717, 1.165) is 0 Å². The molecule has 0 heterocycles. The summed E-state index contributed by atoms with van der Waals surface area (Å²) >= 11 is 0. The molecule has 0 unspecified atom stereocenters. The van der Waals surface area contributed by atoms with Crippen molar-refractivity contribution in [1.82, 2.24) is 14.7 Å². The summed E-state index contributed by atoms with van der Waals surface area (Å²) in [6.45, 7) is 7.42. The molecule has 0 aromatic carbocycles. The van der Waals surface area contributed by atoms with Crippen LogP contribution in [0, 0.1) is 0 Å². The van der Waals surface area contributed by atoms with E-state index in [1.807, 2.05) is 6.92 Å². The SMILES string of the molecule is C=C(N=C(N=C(C)N(COC)COC)N(COC)COC)N(COC)COC. The van der Waals surface area contributed by atoms with Gasteiger partial charge in [0.25, 0.3) is 0 Å². The van der Waals surface area contributed by atoms with E-state index >= 15 is 0 Å². The van der Waals surface area contributed by atoms with E-state index in [4.69, 9.17) is 28.4 Å². The summed E-state index contributed by atoms with van der Waals surface area (Å²) in [4.78, 5) is 14.4. The van der Waals surface area contributed by atoms with E-state index in [1.165, 1.54) is 0 Å². The number of aliphatic imine (C=N–C) groups is 2. The van der Waals surface area contributed by atoms with Crippen LogP contribution < -0.4 is 0 Å². The molecule has 0 radical (unpaired) electrons. The Morgan fingerprint density at radius 2 is 0.964 bits per heavy atom. The van der Waals surface area contributed by atoms with Crippen molar-refractivity contribution >= 4 is 11.8 Å². The van der Waals surface area contributed by atoms with Crippen LogP contribution in [-0.4, -0.2) is 110 Å². The Hall–Kier alpha value is -1.76. The maximum Gasteiger partial charge on any atom is 0.232 e. The largest absolute Gasteiger partial charge is 0.364 e. The second kappa shape index (κ2) is 16.2. The topological polar surface area (TPSA) is 89.8 Å². The number of nitrogens with zero attached hydrogens (tertiary/aromatic N) is 5. The normalized spacial score (nSPS) is 12.2. The molecule has 0 aromatic rings. The average Bonchev–Trinajstić information content (AvgIpc) is 2.66. The summed E-state index contributed by atoms with van der Waals surface area (Å²) in [5.41, 5.74) is 0. The van der Waals surface area contributed by atoms with Gasteiger partial charge in [-0.05, 0) is 6.92 Å². The lowest BCUT2D eigenvalue weighted by atomic mass is 10.5. The molecule has 11 nitrogen and oxygen atoms in total. The molecule has 0 saturated heterocycles. The maximum atomic E-state index is 5.25. The van der Waals surface area contributed by atoms with Crippen molar-refractivity contribution in [3.63, 3.8) is 0 Å². The van der Waals surface area contributed by atoms with E-state index < -0.39 is 0 Å². The number of ether oxygens (including phenoxy) is 6. The van der Waals surface area contributed by atoms with Gasteiger partial charge >= 0.3 is 0 Å². The van der Waals surface area contributed by atoms with Gasteiger partial charge in [-0.25, -0.2) is 0 Å². The smallest absolute Gasteiger partial charge is 0.232 e. The lowest BCUT2D eigenvalue weighted by Crippen LogP contribution is -2.38. The second-order valence-corrected chi connectivity index (χ2v) is 5.61. The summed E-state index contributed by atoms with van der Waals surface area (Å²) in [5, 5.41) is 0. The van der Waals surface area contributed by atoms with Crippen LogP contribution in [-0.2, 0) is 28.4 Å². The van der Waals surface area contributed by atoms with Crippen LogP contribution in [0.15, 0.2) is 22.4 Å². The molecule has 0 spiro atoms. The van der Waals surface area contributed by atoms with E-state index in [1.54, 1.807) is 57.4 Å². The summed E-state index contributed by atoms with van der Waals surface area (Å²) in [6, 6.07) is 0. The first kappa shape index (κ1) is 26.2. The third kappa shape index (κ3) is 9.97. The van der Waals surface area contributed by atoms with E-state index in [2.05, 4.69) is 16.6 Å². The number of guanidine groups is 1. The van der Waals surface area contributed by atoms with Gasteiger partial charge in [0.1, 0.15) is 52.0 Å². The molecule has 0 bridgehead atoms. The molecule has 0 amide bonds. The molecule has 0 aliphatic heterocycles. The minimum absolute atomic E-state index is 0.222. The van der Waals surface area contributed by atoms with Crippen LogP contribution in [0.3, 0.4) is 0 Å². The fourth-order valence-electron chi connectivity index (χ4n) is 2.07. The Labute approximate surface area is 168 Å². The molecule has 164 valence electrons. The summed E-state index contributed by atoms with van der Waals surface area (Å²) < 4.78 is 31.3. The van der Waals surface area contributed by atoms with Gasteiger partial charge in [-0.15, -0.1) is 0 Å². The van der Waals surface area contributed by atoms with Gasteiger partial charge in [-0.1, -0.05) is 6.58 Å². The van der Waals surface area contributed by atoms with Crippen molar-refractivity contribution in [2.75, 3.05) is 83.0 Å². The number of hydrogen-bond acceptors (Lipinski definition) is 8. The zero-order chi connectivity index (χ0) is 21.4. The van der Waals surface area contributed by atoms with Gasteiger partial charge in [-0.2, -0.15) is 9.98 Å².